The predicted octanol–water partition coefficient (Wildman–Crippen LogP) is 1.45. The maximum absolute atomic E-state index is 14.0. The number of hydrogen-bond acceptors (Lipinski definition) is 4. The highest BCUT2D eigenvalue weighted by Crippen LogP contribution is 2.30. The largest absolute Gasteiger partial charge is 0.409 e. The second-order valence-corrected chi connectivity index (χ2v) is 5.37. The van der Waals surface area contributed by atoms with Gasteiger partial charge in [-0.1, -0.05) is 11.2 Å². The number of amidine groups is 1. The topological polar surface area (TPSA) is 65.1 Å². The van der Waals surface area contributed by atoms with Crippen molar-refractivity contribution in [3.05, 3.63) is 29.6 Å². The zero-order valence-electron chi connectivity index (χ0n) is 11.9. The van der Waals surface area contributed by atoms with E-state index in [1.807, 2.05) is 20.2 Å². The van der Waals surface area contributed by atoms with Gasteiger partial charge in [-0.05, 0) is 39.1 Å². The highest BCUT2D eigenvalue weighted by atomic mass is 19.1. The number of rotatable bonds is 4. The fourth-order valence-electron chi connectivity index (χ4n) is 2.82. The SMILES string of the molecule is CN(C)CC1CCCN1c1cccc(F)c1C(N)=NO. The Balaban J connectivity index is 2.39. The number of likely N-dealkylation sites (N-methyl/N-ethyl adjacent to an activating group) is 1. The van der Waals surface area contributed by atoms with Crippen molar-refractivity contribution in [2.45, 2.75) is 18.9 Å². The van der Waals surface area contributed by atoms with Crippen LogP contribution >= 0.6 is 0 Å². The molecule has 0 radical (unpaired) electrons. The maximum atomic E-state index is 14.0. The summed E-state index contributed by atoms with van der Waals surface area (Å²) in [4.78, 5) is 4.27. The molecule has 0 bridgehead atoms. The molecule has 0 amide bonds. The third-order valence-corrected chi connectivity index (χ3v) is 3.62. The fourth-order valence-corrected chi connectivity index (χ4v) is 2.82. The third kappa shape index (κ3) is 2.85. The minimum absolute atomic E-state index is 0.181. The number of hydrogen-bond donors (Lipinski definition) is 2. The molecule has 1 aliphatic rings. The van der Waals surface area contributed by atoms with Crippen LogP contribution in [0.25, 0.3) is 0 Å². The van der Waals surface area contributed by atoms with Gasteiger partial charge in [-0.15, -0.1) is 0 Å². The average molecular weight is 280 g/mol. The summed E-state index contributed by atoms with van der Waals surface area (Å²) in [6.07, 6.45) is 2.12. The van der Waals surface area contributed by atoms with Crippen LogP contribution in [0.2, 0.25) is 0 Å². The summed E-state index contributed by atoms with van der Waals surface area (Å²) < 4.78 is 14.0. The van der Waals surface area contributed by atoms with Gasteiger partial charge in [0, 0.05) is 19.1 Å². The Hall–Kier alpha value is -1.82. The first kappa shape index (κ1) is 14.6. The molecule has 1 atom stereocenters. The van der Waals surface area contributed by atoms with E-state index in [9.17, 15) is 4.39 Å². The molecule has 3 N–H and O–H groups in total. The van der Waals surface area contributed by atoms with Crippen LogP contribution < -0.4 is 10.6 Å². The van der Waals surface area contributed by atoms with Gasteiger partial charge in [0.15, 0.2) is 5.84 Å². The van der Waals surface area contributed by atoms with E-state index in [1.54, 1.807) is 6.07 Å². The fraction of sp³-hybridized carbons (Fsp3) is 0.500. The lowest BCUT2D eigenvalue weighted by Gasteiger charge is -2.30. The van der Waals surface area contributed by atoms with E-state index in [0.717, 1.165) is 25.9 Å². The van der Waals surface area contributed by atoms with E-state index in [1.165, 1.54) is 6.07 Å². The van der Waals surface area contributed by atoms with E-state index in [-0.39, 0.29) is 11.4 Å². The molecule has 1 aromatic rings. The lowest BCUT2D eigenvalue weighted by Crippen LogP contribution is -2.38. The highest BCUT2D eigenvalue weighted by molar-refractivity contribution is 6.02. The molecule has 110 valence electrons. The second-order valence-electron chi connectivity index (χ2n) is 5.37. The summed E-state index contributed by atoms with van der Waals surface area (Å²) in [6.45, 7) is 1.75. The summed E-state index contributed by atoms with van der Waals surface area (Å²) in [5.41, 5.74) is 6.51. The van der Waals surface area contributed by atoms with E-state index in [2.05, 4.69) is 15.0 Å². The number of nitrogens with two attached hydrogens (primary N) is 1. The molecule has 1 aromatic carbocycles. The molecular weight excluding hydrogens is 259 g/mol. The van der Waals surface area contributed by atoms with Crippen molar-refractivity contribution >= 4 is 11.5 Å². The molecule has 5 nitrogen and oxygen atoms in total. The van der Waals surface area contributed by atoms with Crippen molar-refractivity contribution in [1.29, 1.82) is 0 Å². The Labute approximate surface area is 118 Å². The number of nitrogens with zero attached hydrogens (tertiary/aromatic N) is 3. The first-order valence-corrected chi connectivity index (χ1v) is 6.72. The summed E-state index contributed by atoms with van der Waals surface area (Å²) in [5, 5.41) is 11.8. The quantitative estimate of drug-likeness (QED) is 0.379. The first-order chi connectivity index (χ1) is 9.54. The van der Waals surface area contributed by atoms with Crippen LogP contribution in [-0.2, 0) is 0 Å². The molecule has 0 aliphatic carbocycles. The first-order valence-electron chi connectivity index (χ1n) is 6.72. The molecule has 1 heterocycles. The van der Waals surface area contributed by atoms with Crippen molar-refractivity contribution in [1.82, 2.24) is 4.90 Å². The van der Waals surface area contributed by atoms with Gasteiger partial charge in [0.2, 0.25) is 0 Å². The zero-order valence-corrected chi connectivity index (χ0v) is 11.9. The molecule has 1 saturated heterocycles. The number of anilines is 1. The molecule has 0 saturated carbocycles. The van der Waals surface area contributed by atoms with Gasteiger partial charge in [-0.3, -0.25) is 0 Å². The standard InChI is InChI=1S/C14H21FN4O/c1-18(2)9-10-5-4-8-19(10)12-7-3-6-11(15)13(12)14(16)17-20/h3,6-7,10,20H,4-5,8-9H2,1-2H3,(H2,16,17). The van der Waals surface area contributed by atoms with Gasteiger partial charge in [0.05, 0.1) is 11.3 Å². The summed E-state index contributed by atoms with van der Waals surface area (Å²) >= 11 is 0. The van der Waals surface area contributed by atoms with Gasteiger partial charge < -0.3 is 20.7 Å². The van der Waals surface area contributed by atoms with Crippen LogP contribution in [0.4, 0.5) is 10.1 Å². The van der Waals surface area contributed by atoms with Crippen LogP contribution in [0.15, 0.2) is 23.4 Å². The van der Waals surface area contributed by atoms with Gasteiger partial charge in [0.1, 0.15) is 5.82 Å². The van der Waals surface area contributed by atoms with Crippen molar-refractivity contribution < 1.29 is 9.60 Å². The molecule has 6 heteroatoms. The number of benzene rings is 1. The minimum atomic E-state index is -0.465. The smallest absolute Gasteiger partial charge is 0.175 e. The normalized spacial score (nSPS) is 19.9. The molecular formula is C14H21FN4O. The predicted molar refractivity (Wildman–Crippen MR) is 77.8 cm³/mol. The van der Waals surface area contributed by atoms with Crippen LogP contribution in [-0.4, -0.2) is 49.2 Å². The monoisotopic (exact) mass is 280 g/mol. The van der Waals surface area contributed by atoms with Crippen molar-refractivity contribution in [3.63, 3.8) is 0 Å². The Morgan fingerprint density at radius 2 is 2.30 bits per heavy atom. The lowest BCUT2D eigenvalue weighted by atomic mass is 10.1. The lowest BCUT2D eigenvalue weighted by molar-refractivity contribution is 0.318. The molecule has 2 rings (SSSR count). The Morgan fingerprint density at radius 1 is 1.55 bits per heavy atom. The van der Waals surface area contributed by atoms with E-state index in [0.29, 0.717) is 11.7 Å². The Bertz CT molecular complexity index is 504. The van der Waals surface area contributed by atoms with E-state index in [4.69, 9.17) is 10.9 Å². The van der Waals surface area contributed by atoms with Crippen LogP contribution in [0, 0.1) is 5.82 Å². The van der Waals surface area contributed by atoms with Crippen LogP contribution in [0.1, 0.15) is 18.4 Å². The molecule has 0 spiro atoms. The summed E-state index contributed by atoms with van der Waals surface area (Å²) in [7, 11) is 4.04. The second kappa shape index (κ2) is 6.09. The third-order valence-electron chi connectivity index (χ3n) is 3.62. The summed E-state index contributed by atoms with van der Waals surface area (Å²) in [5.74, 6) is -0.651. The molecule has 0 aromatic heterocycles. The van der Waals surface area contributed by atoms with Gasteiger partial charge in [-0.2, -0.15) is 0 Å². The average Bonchev–Trinajstić information content (AvgIpc) is 2.84. The van der Waals surface area contributed by atoms with Gasteiger partial charge >= 0.3 is 0 Å². The molecule has 20 heavy (non-hydrogen) atoms. The number of halogens is 1. The van der Waals surface area contributed by atoms with E-state index >= 15 is 0 Å². The minimum Gasteiger partial charge on any atom is -0.409 e. The Morgan fingerprint density at radius 3 is 2.95 bits per heavy atom. The summed E-state index contributed by atoms with van der Waals surface area (Å²) in [6, 6.07) is 5.12. The highest BCUT2D eigenvalue weighted by Gasteiger charge is 2.28. The van der Waals surface area contributed by atoms with Gasteiger partial charge in [-0.25, -0.2) is 4.39 Å². The maximum Gasteiger partial charge on any atom is 0.175 e. The van der Waals surface area contributed by atoms with Crippen LogP contribution in [0.3, 0.4) is 0 Å². The van der Waals surface area contributed by atoms with Crippen molar-refractivity contribution in [2.24, 2.45) is 10.9 Å². The van der Waals surface area contributed by atoms with Crippen molar-refractivity contribution in [3.8, 4) is 0 Å². The van der Waals surface area contributed by atoms with Crippen molar-refractivity contribution in [2.75, 3.05) is 32.1 Å². The Kier molecular flexibility index (Phi) is 4.44. The molecule has 1 fully saturated rings. The molecule has 1 unspecified atom stereocenters. The van der Waals surface area contributed by atoms with E-state index < -0.39 is 5.82 Å². The number of oxime groups is 1. The van der Waals surface area contributed by atoms with Gasteiger partial charge in [0.25, 0.3) is 0 Å². The zero-order chi connectivity index (χ0) is 14.7. The van der Waals surface area contributed by atoms with Crippen LogP contribution in [0.5, 0.6) is 0 Å². The molecule has 1 aliphatic heterocycles.